The van der Waals surface area contributed by atoms with Gasteiger partial charge in [0.25, 0.3) is 0 Å². The SMILES string of the molecule is COCC(=O)C(Cc1ccc(OC(=O)C(C)C)cc1)N=Cc1cc(O)cc(Br)c1. The number of halogens is 1. The molecule has 2 rings (SSSR count). The van der Waals surface area contributed by atoms with Crippen LogP contribution >= 0.6 is 15.9 Å². The number of phenolic OH excluding ortho intramolecular Hbond substituents is 1. The number of Topliss-reactive ketones (excluding diaryl/α,β-unsaturated/α-hetero) is 1. The highest BCUT2D eigenvalue weighted by Gasteiger charge is 2.18. The van der Waals surface area contributed by atoms with Crippen LogP contribution in [0.2, 0.25) is 0 Å². The maximum Gasteiger partial charge on any atom is 0.313 e. The molecule has 2 aromatic carbocycles. The number of aromatic hydroxyl groups is 1. The Labute approximate surface area is 178 Å². The van der Waals surface area contributed by atoms with E-state index in [0.717, 1.165) is 5.56 Å². The molecule has 29 heavy (non-hydrogen) atoms. The van der Waals surface area contributed by atoms with Crippen molar-refractivity contribution in [3.05, 3.63) is 58.1 Å². The molecule has 0 aliphatic rings. The Kier molecular flexibility index (Phi) is 8.54. The summed E-state index contributed by atoms with van der Waals surface area (Å²) in [6.45, 7) is 3.49. The van der Waals surface area contributed by atoms with Gasteiger partial charge in [-0.1, -0.05) is 41.9 Å². The molecular formula is C22H24BrNO5. The summed E-state index contributed by atoms with van der Waals surface area (Å²) in [5.74, 6) is -0.101. The number of hydrogen-bond donors (Lipinski definition) is 1. The van der Waals surface area contributed by atoms with E-state index in [1.54, 1.807) is 62.5 Å². The fourth-order valence-electron chi connectivity index (χ4n) is 2.49. The second-order valence-corrected chi connectivity index (χ2v) is 7.78. The Morgan fingerprint density at radius 3 is 2.45 bits per heavy atom. The van der Waals surface area contributed by atoms with E-state index in [0.29, 0.717) is 22.2 Å². The molecule has 6 nitrogen and oxygen atoms in total. The predicted molar refractivity (Wildman–Crippen MR) is 115 cm³/mol. The molecule has 0 heterocycles. The van der Waals surface area contributed by atoms with E-state index < -0.39 is 6.04 Å². The van der Waals surface area contributed by atoms with Crippen LogP contribution in [0.4, 0.5) is 0 Å². The first-order chi connectivity index (χ1) is 13.8. The molecule has 154 valence electrons. The molecule has 0 radical (unpaired) electrons. The molecule has 0 aromatic heterocycles. The highest BCUT2D eigenvalue weighted by molar-refractivity contribution is 9.10. The van der Waals surface area contributed by atoms with E-state index in [1.165, 1.54) is 7.11 Å². The second kappa shape index (κ2) is 10.9. The van der Waals surface area contributed by atoms with Crippen molar-refractivity contribution in [2.24, 2.45) is 10.9 Å². The van der Waals surface area contributed by atoms with Crippen LogP contribution in [-0.4, -0.2) is 42.8 Å². The van der Waals surface area contributed by atoms with Crippen molar-refractivity contribution in [2.45, 2.75) is 26.3 Å². The number of methoxy groups -OCH3 is 1. The number of esters is 1. The van der Waals surface area contributed by atoms with Gasteiger partial charge in [0.2, 0.25) is 0 Å². The molecule has 0 saturated heterocycles. The molecule has 0 aliphatic carbocycles. The topological polar surface area (TPSA) is 85.2 Å². The Morgan fingerprint density at radius 2 is 1.86 bits per heavy atom. The summed E-state index contributed by atoms with van der Waals surface area (Å²) in [7, 11) is 1.46. The third-order valence-corrected chi connectivity index (χ3v) is 4.47. The lowest BCUT2D eigenvalue weighted by atomic mass is 10.0. The molecule has 0 aliphatic heterocycles. The first kappa shape index (κ1) is 22.8. The lowest BCUT2D eigenvalue weighted by Crippen LogP contribution is -2.25. The zero-order valence-electron chi connectivity index (χ0n) is 16.6. The van der Waals surface area contributed by atoms with Gasteiger partial charge in [-0.25, -0.2) is 0 Å². The first-order valence-electron chi connectivity index (χ1n) is 9.13. The maximum atomic E-state index is 12.4. The van der Waals surface area contributed by atoms with Gasteiger partial charge in [0.15, 0.2) is 5.78 Å². The quantitative estimate of drug-likeness (QED) is 0.347. The Balaban J connectivity index is 2.15. The molecule has 0 fully saturated rings. The molecule has 0 saturated carbocycles. The van der Waals surface area contributed by atoms with Crippen LogP contribution < -0.4 is 4.74 Å². The smallest absolute Gasteiger partial charge is 0.313 e. The number of rotatable bonds is 9. The molecule has 1 N–H and O–H groups in total. The van der Waals surface area contributed by atoms with E-state index in [4.69, 9.17) is 9.47 Å². The van der Waals surface area contributed by atoms with Gasteiger partial charge < -0.3 is 14.6 Å². The van der Waals surface area contributed by atoms with E-state index in [1.807, 2.05) is 0 Å². The number of carbonyl (C=O) groups is 2. The second-order valence-electron chi connectivity index (χ2n) is 6.86. The molecule has 1 atom stereocenters. The summed E-state index contributed by atoms with van der Waals surface area (Å²) in [5.41, 5.74) is 1.54. The largest absolute Gasteiger partial charge is 0.508 e. The summed E-state index contributed by atoms with van der Waals surface area (Å²) in [4.78, 5) is 28.5. The lowest BCUT2D eigenvalue weighted by Gasteiger charge is -2.12. The maximum absolute atomic E-state index is 12.4. The number of carbonyl (C=O) groups excluding carboxylic acids is 2. The fraction of sp³-hybridized carbons (Fsp3) is 0.318. The van der Waals surface area contributed by atoms with Gasteiger partial charge in [0, 0.05) is 24.2 Å². The summed E-state index contributed by atoms with van der Waals surface area (Å²) in [6.07, 6.45) is 1.93. The first-order valence-corrected chi connectivity index (χ1v) is 9.92. The number of hydrogen-bond acceptors (Lipinski definition) is 6. The standard InChI is InChI=1S/C22H24BrNO5/c1-14(2)22(27)29-19-6-4-15(5-7-19)10-20(21(26)13-28-3)24-12-16-8-17(23)11-18(25)9-16/h4-9,11-12,14,20,25H,10,13H2,1-3H3. The normalized spacial score (nSPS) is 12.3. The summed E-state index contributed by atoms with van der Waals surface area (Å²) >= 11 is 3.32. The molecule has 0 bridgehead atoms. The minimum Gasteiger partial charge on any atom is -0.508 e. The van der Waals surface area contributed by atoms with Crippen LogP contribution in [-0.2, 0) is 20.7 Å². The molecule has 0 amide bonds. The van der Waals surface area contributed by atoms with Crippen LogP contribution in [0.15, 0.2) is 51.9 Å². The predicted octanol–water partition coefficient (Wildman–Crippen LogP) is 3.96. The van der Waals surface area contributed by atoms with E-state index in [2.05, 4.69) is 20.9 Å². The third kappa shape index (κ3) is 7.44. The molecule has 7 heteroatoms. The average Bonchev–Trinajstić information content (AvgIpc) is 2.65. The number of ketones is 1. The molecule has 2 aromatic rings. The van der Waals surface area contributed by atoms with E-state index >= 15 is 0 Å². The Bertz CT molecular complexity index is 857. The van der Waals surface area contributed by atoms with Crippen molar-refractivity contribution in [2.75, 3.05) is 13.7 Å². The van der Waals surface area contributed by atoms with Crippen LogP contribution in [0.3, 0.4) is 0 Å². The average molecular weight is 462 g/mol. The Hall–Kier alpha value is -2.51. The van der Waals surface area contributed by atoms with Crippen molar-refractivity contribution in [1.82, 2.24) is 0 Å². The van der Waals surface area contributed by atoms with Crippen molar-refractivity contribution >= 4 is 33.9 Å². The van der Waals surface area contributed by atoms with Crippen LogP contribution in [0.5, 0.6) is 11.5 Å². The number of nitrogens with zero attached hydrogens (tertiary/aromatic N) is 1. The zero-order chi connectivity index (χ0) is 21.4. The summed E-state index contributed by atoms with van der Waals surface area (Å²) in [5, 5.41) is 9.70. The van der Waals surface area contributed by atoms with Gasteiger partial charge in [0.1, 0.15) is 24.1 Å². The zero-order valence-corrected chi connectivity index (χ0v) is 18.2. The Morgan fingerprint density at radius 1 is 1.17 bits per heavy atom. The minimum atomic E-state index is -0.639. The third-order valence-electron chi connectivity index (χ3n) is 4.01. The van der Waals surface area contributed by atoms with Gasteiger partial charge >= 0.3 is 5.97 Å². The highest BCUT2D eigenvalue weighted by Crippen LogP contribution is 2.20. The monoisotopic (exact) mass is 461 g/mol. The van der Waals surface area contributed by atoms with Gasteiger partial charge in [-0.3, -0.25) is 14.6 Å². The molecule has 1 unspecified atom stereocenters. The number of aliphatic imine (C=N–C) groups is 1. The van der Waals surface area contributed by atoms with Gasteiger partial charge in [-0.05, 0) is 41.5 Å². The van der Waals surface area contributed by atoms with Crippen molar-refractivity contribution < 1.29 is 24.2 Å². The minimum absolute atomic E-state index is 0.0458. The number of ether oxygens (including phenoxy) is 2. The molecular weight excluding hydrogens is 438 g/mol. The van der Waals surface area contributed by atoms with Gasteiger partial charge in [-0.15, -0.1) is 0 Å². The fourth-order valence-corrected chi connectivity index (χ4v) is 2.98. The van der Waals surface area contributed by atoms with Crippen LogP contribution in [0.1, 0.15) is 25.0 Å². The van der Waals surface area contributed by atoms with E-state index in [-0.39, 0.29) is 30.0 Å². The van der Waals surface area contributed by atoms with Crippen molar-refractivity contribution in [1.29, 1.82) is 0 Å². The van der Waals surface area contributed by atoms with Crippen molar-refractivity contribution in [3.8, 4) is 11.5 Å². The summed E-state index contributed by atoms with van der Waals surface area (Å²) in [6, 6.07) is 11.3. The highest BCUT2D eigenvalue weighted by atomic mass is 79.9. The molecule has 0 spiro atoms. The van der Waals surface area contributed by atoms with Crippen LogP contribution in [0.25, 0.3) is 0 Å². The van der Waals surface area contributed by atoms with Gasteiger partial charge in [-0.2, -0.15) is 0 Å². The number of phenols is 1. The lowest BCUT2D eigenvalue weighted by molar-refractivity contribution is -0.137. The van der Waals surface area contributed by atoms with Crippen molar-refractivity contribution in [3.63, 3.8) is 0 Å². The van der Waals surface area contributed by atoms with Gasteiger partial charge in [0.05, 0.1) is 5.92 Å². The number of benzene rings is 2. The van der Waals surface area contributed by atoms with E-state index in [9.17, 15) is 14.7 Å². The summed E-state index contributed by atoms with van der Waals surface area (Å²) < 4.78 is 10.9. The van der Waals surface area contributed by atoms with Crippen LogP contribution in [0, 0.1) is 5.92 Å².